The molecule has 0 bridgehead atoms. The Balaban J connectivity index is 2.09. The summed E-state index contributed by atoms with van der Waals surface area (Å²) in [5.41, 5.74) is 6.22. The highest BCUT2D eigenvalue weighted by molar-refractivity contribution is 6.37. The van der Waals surface area contributed by atoms with Gasteiger partial charge in [-0.25, -0.2) is 5.48 Å². The number of carbonyl (C=O) groups is 1. The molecule has 0 fully saturated rings. The minimum Gasteiger partial charge on any atom is -0.378 e. The van der Waals surface area contributed by atoms with Crippen molar-refractivity contribution in [3.63, 3.8) is 0 Å². The van der Waals surface area contributed by atoms with Gasteiger partial charge in [0, 0.05) is 48.0 Å². The van der Waals surface area contributed by atoms with Gasteiger partial charge in [0.05, 0.1) is 22.2 Å². The summed E-state index contributed by atoms with van der Waals surface area (Å²) < 4.78 is 0. The molecule has 0 unspecified atom stereocenters. The molecule has 2 aromatic carbocycles. The van der Waals surface area contributed by atoms with E-state index in [0.717, 1.165) is 27.7 Å². The number of aromatic nitrogens is 1. The lowest BCUT2D eigenvalue weighted by molar-refractivity contribution is 0.0366. The highest BCUT2D eigenvalue weighted by Crippen LogP contribution is 2.38. The van der Waals surface area contributed by atoms with Crippen LogP contribution in [-0.4, -0.2) is 31.6 Å². The van der Waals surface area contributed by atoms with Crippen molar-refractivity contribution < 1.29 is 9.63 Å². The first-order valence-corrected chi connectivity index (χ1v) is 8.88. The number of amides is 1. The van der Waals surface area contributed by atoms with Crippen molar-refractivity contribution >= 4 is 45.7 Å². The third-order valence-electron chi connectivity index (χ3n) is 4.08. The van der Waals surface area contributed by atoms with E-state index in [-0.39, 0.29) is 5.91 Å². The number of halogens is 2. The maximum atomic E-state index is 12.3. The largest absolute Gasteiger partial charge is 0.378 e. The highest BCUT2D eigenvalue weighted by atomic mass is 35.5. The van der Waals surface area contributed by atoms with Crippen LogP contribution < -0.4 is 10.4 Å². The summed E-state index contributed by atoms with van der Waals surface area (Å²) in [5.74, 6) is -0.319. The molecule has 2 N–H and O–H groups in total. The zero-order chi connectivity index (χ0) is 18.8. The Morgan fingerprint density at radius 3 is 2.54 bits per heavy atom. The number of rotatable bonds is 5. The summed E-state index contributed by atoms with van der Waals surface area (Å²) >= 11 is 13.0. The molecule has 5 nitrogen and oxygen atoms in total. The number of H-pyrrole nitrogens is 1. The van der Waals surface area contributed by atoms with Crippen molar-refractivity contribution in [1.29, 1.82) is 0 Å². The van der Waals surface area contributed by atoms with Crippen molar-refractivity contribution in [3.05, 3.63) is 52.1 Å². The number of nitrogens with one attached hydrogen (secondary N) is 2. The molecular weight excluding hydrogens is 373 g/mol. The molecule has 1 amide bonds. The van der Waals surface area contributed by atoms with Crippen LogP contribution in [0.3, 0.4) is 0 Å². The molecule has 0 atom stereocenters. The second-order valence-corrected chi connectivity index (χ2v) is 6.82. The maximum Gasteiger partial charge on any atom is 0.277 e. The summed E-state index contributed by atoms with van der Waals surface area (Å²) in [6, 6.07) is 9.45. The standard InChI is InChI=1S/C19H19Cl2N3O2/c1-4-26-23-19(25)15-10-22-18-9-17(21)13(8-14(15)18)12-6-5-11(24(2)3)7-16(12)20/h5-10,22H,4H2,1-3H3,(H,23,25). The minimum absolute atomic E-state index is 0.319. The summed E-state index contributed by atoms with van der Waals surface area (Å²) in [6.07, 6.45) is 1.63. The van der Waals surface area contributed by atoms with Gasteiger partial charge in [-0.1, -0.05) is 29.3 Å². The van der Waals surface area contributed by atoms with E-state index in [4.69, 9.17) is 28.0 Å². The van der Waals surface area contributed by atoms with E-state index in [1.54, 1.807) is 19.2 Å². The quantitative estimate of drug-likeness (QED) is 0.608. The van der Waals surface area contributed by atoms with Gasteiger partial charge in [-0.3, -0.25) is 9.63 Å². The number of nitrogens with zero attached hydrogens (tertiary/aromatic N) is 1. The smallest absolute Gasteiger partial charge is 0.277 e. The predicted octanol–water partition coefficient (Wildman–Crippen LogP) is 4.89. The molecule has 0 radical (unpaired) electrons. The second-order valence-electron chi connectivity index (χ2n) is 6.00. The van der Waals surface area contributed by atoms with Gasteiger partial charge in [0.1, 0.15) is 0 Å². The zero-order valence-electron chi connectivity index (χ0n) is 14.7. The number of benzene rings is 2. The number of hydrogen-bond acceptors (Lipinski definition) is 3. The molecule has 7 heteroatoms. The van der Waals surface area contributed by atoms with E-state index in [0.29, 0.717) is 22.2 Å². The molecule has 26 heavy (non-hydrogen) atoms. The van der Waals surface area contributed by atoms with Crippen LogP contribution in [0.25, 0.3) is 22.0 Å². The Morgan fingerprint density at radius 2 is 1.88 bits per heavy atom. The number of hydrogen-bond donors (Lipinski definition) is 2. The Morgan fingerprint density at radius 1 is 1.15 bits per heavy atom. The number of carbonyl (C=O) groups excluding carboxylic acids is 1. The number of aromatic amines is 1. The molecule has 0 aliphatic rings. The number of fused-ring (bicyclic) bond motifs is 1. The van der Waals surface area contributed by atoms with Gasteiger partial charge in [0.25, 0.3) is 5.91 Å². The number of hydroxylamine groups is 1. The van der Waals surface area contributed by atoms with Crippen LogP contribution in [0.1, 0.15) is 17.3 Å². The average Bonchev–Trinajstić information content (AvgIpc) is 3.01. The fourth-order valence-corrected chi connectivity index (χ4v) is 3.27. The minimum atomic E-state index is -0.319. The van der Waals surface area contributed by atoms with Crippen LogP contribution >= 0.6 is 23.2 Å². The molecule has 3 aromatic rings. The van der Waals surface area contributed by atoms with Crippen molar-refractivity contribution in [1.82, 2.24) is 10.5 Å². The maximum absolute atomic E-state index is 12.3. The van der Waals surface area contributed by atoms with Gasteiger partial charge in [0.2, 0.25) is 0 Å². The molecular formula is C19H19Cl2N3O2. The second kappa shape index (κ2) is 7.58. The van der Waals surface area contributed by atoms with Gasteiger partial charge in [0.15, 0.2) is 0 Å². The average molecular weight is 392 g/mol. The van der Waals surface area contributed by atoms with Crippen LogP contribution in [0.2, 0.25) is 10.0 Å². The lowest BCUT2D eigenvalue weighted by Gasteiger charge is -2.15. The molecule has 0 aliphatic heterocycles. The first kappa shape index (κ1) is 18.6. The predicted molar refractivity (Wildman–Crippen MR) is 107 cm³/mol. The van der Waals surface area contributed by atoms with Crippen LogP contribution in [0.5, 0.6) is 0 Å². The van der Waals surface area contributed by atoms with E-state index in [1.807, 2.05) is 43.3 Å². The van der Waals surface area contributed by atoms with Crippen LogP contribution in [0, 0.1) is 0 Å². The third-order valence-corrected chi connectivity index (χ3v) is 4.71. The molecule has 1 aromatic heterocycles. The fraction of sp³-hybridized carbons (Fsp3) is 0.211. The molecule has 136 valence electrons. The van der Waals surface area contributed by atoms with Crippen molar-refractivity contribution in [2.75, 3.05) is 25.6 Å². The van der Waals surface area contributed by atoms with Crippen LogP contribution in [0.15, 0.2) is 36.5 Å². The molecule has 3 rings (SSSR count). The first-order chi connectivity index (χ1) is 12.4. The third kappa shape index (κ3) is 3.51. The summed E-state index contributed by atoms with van der Waals surface area (Å²) in [4.78, 5) is 22.3. The summed E-state index contributed by atoms with van der Waals surface area (Å²) in [6.45, 7) is 2.19. The van der Waals surface area contributed by atoms with Gasteiger partial charge >= 0.3 is 0 Å². The summed E-state index contributed by atoms with van der Waals surface area (Å²) in [5, 5.41) is 1.89. The Bertz CT molecular complexity index is 967. The lowest BCUT2D eigenvalue weighted by Crippen LogP contribution is -2.23. The lowest BCUT2D eigenvalue weighted by atomic mass is 10.0. The fourth-order valence-electron chi connectivity index (χ4n) is 2.73. The van der Waals surface area contributed by atoms with Crippen LogP contribution in [-0.2, 0) is 4.84 Å². The molecule has 0 saturated carbocycles. The van der Waals surface area contributed by atoms with Gasteiger partial charge in [-0.15, -0.1) is 0 Å². The van der Waals surface area contributed by atoms with Gasteiger partial charge in [-0.05, 0) is 31.2 Å². The summed E-state index contributed by atoms with van der Waals surface area (Å²) in [7, 11) is 3.90. The Kier molecular flexibility index (Phi) is 5.41. The van der Waals surface area contributed by atoms with E-state index in [1.165, 1.54) is 0 Å². The van der Waals surface area contributed by atoms with E-state index < -0.39 is 0 Å². The topological polar surface area (TPSA) is 57.4 Å². The number of anilines is 1. The normalized spacial score (nSPS) is 11.0. The van der Waals surface area contributed by atoms with Crippen molar-refractivity contribution in [2.45, 2.75) is 6.92 Å². The first-order valence-electron chi connectivity index (χ1n) is 8.12. The van der Waals surface area contributed by atoms with Crippen LogP contribution in [0.4, 0.5) is 5.69 Å². The highest BCUT2D eigenvalue weighted by Gasteiger charge is 2.16. The van der Waals surface area contributed by atoms with Gasteiger partial charge in [-0.2, -0.15) is 0 Å². The molecule has 0 saturated heterocycles. The SMILES string of the molecule is CCONC(=O)c1c[nH]c2cc(Cl)c(-c3ccc(N(C)C)cc3Cl)cc12. The Labute approximate surface area is 161 Å². The molecule has 0 spiro atoms. The van der Waals surface area contributed by atoms with E-state index in [9.17, 15) is 4.79 Å². The van der Waals surface area contributed by atoms with Gasteiger partial charge < -0.3 is 9.88 Å². The van der Waals surface area contributed by atoms with E-state index >= 15 is 0 Å². The van der Waals surface area contributed by atoms with Crippen molar-refractivity contribution in [3.8, 4) is 11.1 Å². The molecule has 1 heterocycles. The van der Waals surface area contributed by atoms with E-state index in [2.05, 4.69) is 10.5 Å². The molecule has 0 aliphatic carbocycles. The zero-order valence-corrected chi connectivity index (χ0v) is 16.2. The Hall–Kier alpha value is -2.21. The monoisotopic (exact) mass is 391 g/mol. The van der Waals surface area contributed by atoms with Crippen molar-refractivity contribution in [2.24, 2.45) is 0 Å².